The van der Waals surface area contributed by atoms with Crippen LogP contribution >= 0.6 is 11.8 Å². The highest BCUT2D eigenvalue weighted by molar-refractivity contribution is 8.14. The molecule has 1 saturated heterocycles. The molecular formula is C21H24N3O3S+. The average Bonchev–Trinajstić information content (AvgIpc) is 3.05. The van der Waals surface area contributed by atoms with Crippen LogP contribution in [0.3, 0.4) is 0 Å². The zero-order valence-corrected chi connectivity index (χ0v) is 16.5. The number of thioether (sulfide) groups is 1. The third-order valence-corrected chi connectivity index (χ3v) is 5.55. The molecule has 1 heterocycles. The molecular weight excluding hydrogens is 374 g/mol. The van der Waals surface area contributed by atoms with Crippen molar-refractivity contribution in [1.82, 2.24) is 10.2 Å². The van der Waals surface area contributed by atoms with Crippen LogP contribution in [0.15, 0.2) is 60.7 Å². The van der Waals surface area contributed by atoms with E-state index in [1.165, 1.54) is 4.90 Å². The van der Waals surface area contributed by atoms with Gasteiger partial charge in [-0.2, -0.15) is 0 Å². The van der Waals surface area contributed by atoms with Crippen LogP contribution in [0.4, 0.5) is 4.79 Å². The van der Waals surface area contributed by atoms with Gasteiger partial charge in [0.1, 0.15) is 6.04 Å². The minimum Gasteiger partial charge on any atom is -0.349 e. The first-order valence-electron chi connectivity index (χ1n) is 9.26. The maximum atomic E-state index is 12.5. The van der Waals surface area contributed by atoms with Crippen molar-refractivity contribution in [3.05, 3.63) is 71.8 Å². The molecule has 28 heavy (non-hydrogen) atoms. The van der Waals surface area contributed by atoms with Gasteiger partial charge in [0.15, 0.2) is 6.04 Å². The molecule has 0 saturated carbocycles. The van der Waals surface area contributed by atoms with Crippen molar-refractivity contribution in [2.24, 2.45) is 0 Å². The number of amides is 3. The zero-order chi connectivity index (χ0) is 19.9. The number of rotatable bonds is 8. The molecule has 146 valence electrons. The van der Waals surface area contributed by atoms with Crippen LogP contribution in [0, 0.1) is 0 Å². The quantitative estimate of drug-likeness (QED) is 0.707. The molecule has 1 atom stereocenters. The van der Waals surface area contributed by atoms with Crippen LogP contribution in [-0.4, -0.2) is 46.8 Å². The van der Waals surface area contributed by atoms with Crippen LogP contribution in [0.1, 0.15) is 24.1 Å². The van der Waals surface area contributed by atoms with Crippen molar-refractivity contribution in [1.29, 1.82) is 0 Å². The number of carbonyl (C=O) groups excluding carboxylic acids is 3. The molecule has 0 aliphatic carbocycles. The Hall–Kier alpha value is -2.64. The average molecular weight is 399 g/mol. The number of imide groups is 1. The smallest absolute Gasteiger partial charge is 0.288 e. The van der Waals surface area contributed by atoms with Gasteiger partial charge in [0.2, 0.25) is 5.91 Å². The van der Waals surface area contributed by atoms with Crippen LogP contribution in [-0.2, 0) is 9.59 Å². The number of benzene rings is 2. The largest absolute Gasteiger partial charge is 0.349 e. The predicted octanol–water partition coefficient (Wildman–Crippen LogP) is 1.54. The molecule has 2 aromatic carbocycles. The molecule has 3 rings (SSSR count). The summed E-state index contributed by atoms with van der Waals surface area (Å²) in [6.07, 6.45) is 0. The second-order valence-corrected chi connectivity index (χ2v) is 7.60. The third kappa shape index (κ3) is 4.99. The van der Waals surface area contributed by atoms with Gasteiger partial charge in [0.25, 0.3) is 11.1 Å². The molecule has 7 heteroatoms. The van der Waals surface area contributed by atoms with E-state index in [1.807, 2.05) is 48.6 Å². The molecule has 0 aromatic heterocycles. The normalized spacial score (nSPS) is 15.1. The SMILES string of the molecule is C[C@@H]([NH2+]C(c1ccccc1)c1ccccc1)C(=O)NCCN1C(=O)CSC1=O. The Morgan fingerprint density at radius 1 is 1.07 bits per heavy atom. The number of hydrogen-bond acceptors (Lipinski definition) is 4. The monoisotopic (exact) mass is 398 g/mol. The molecule has 3 N–H and O–H groups in total. The fraction of sp³-hybridized carbons (Fsp3) is 0.286. The van der Waals surface area contributed by atoms with Crippen molar-refractivity contribution in [2.75, 3.05) is 18.8 Å². The Labute approximate surface area is 168 Å². The van der Waals surface area contributed by atoms with Gasteiger partial charge < -0.3 is 10.6 Å². The Balaban J connectivity index is 1.60. The first-order valence-corrected chi connectivity index (χ1v) is 10.2. The summed E-state index contributed by atoms with van der Waals surface area (Å²) in [5.74, 6) is -0.132. The minimum absolute atomic E-state index is 0.00119. The van der Waals surface area contributed by atoms with Gasteiger partial charge in [0.05, 0.1) is 5.75 Å². The molecule has 1 aliphatic heterocycles. The molecule has 0 bridgehead atoms. The van der Waals surface area contributed by atoms with Crippen molar-refractivity contribution in [3.63, 3.8) is 0 Å². The molecule has 0 radical (unpaired) electrons. The molecule has 1 aliphatic rings. The summed E-state index contributed by atoms with van der Waals surface area (Å²) in [5, 5.41) is 4.62. The molecule has 0 unspecified atom stereocenters. The first kappa shape index (κ1) is 20.1. The Bertz CT molecular complexity index is 774. The summed E-state index contributed by atoms with van der Waals surface area (Å²) in [6.45, 7) is 2.33. The maximum absolute atomic E-state index is 12.5. The lowest BCUT2D eigenvalue weighted by Gasteiger charge is -2.21. The number of quaternary nitrogens is 1. The Morgan fingerprint density at radius 3 is 2.14 bits per heavy atom. The highest BCUT2D eigenvalue weighted by Crippen LogP contribution is 2.18. The van der Waals surface area contributed by atoms with E-state index in [1.54, 1.807) is 0 Å². The van der Waals surface area contributed by atoms with Gasteiger partial charge >= 0.3 is 0 Å². The van der Waals surface area contributed by atoms with Crippen LogP contribution in [0.5, 0.6) is 0 Å². The number of nitrogens with zero attached hydrogens (tertiary/aromatic N) is 1. The van der Waals surface area contributed by atoms with Crippen LogP contribution in [0.2, 0.25) is 0 Å². The van der Waals surface area contributed by atoms with Crippen molar-refractivity contribution < 1.29 is 19.7 Å². The lowest BCUT2D eigenvalue weighted by molar-refractivity contribution is -0.704. The van der Waals surface area contributed by atoms with E-state index >= 15 is 0 Å². The van der Waals surface area contributed by atoms with Crippen LogP contribution < -0.4 is 10.6 Å². The lowest BCUT2D eigenvalue weighted by atomic mass is 9.98. The predicted molar refractivity (Wildman–Crippen MR) is 109 cm³/mol. The first-order chi connectivity index (χ1) is 13.6. The summed E-state index contributed by atoms with van der Waals surface area (Å²) in [5.41, 5.74) is 2.25. The highest BCUT2D eigenvalue weighted by Gasteiger charge is 2.30. The second kappa shape index (κ2) is 9.52. The maximum Gasteiger partial charge on any atom is 0.288 e. The summed E-state index contributed by atoms with van der Waals surface area (Å²) in [6, 6.07) is 19.8. The van der Waals surface area contributed by atoms with E-state index in [0.29, 0.717) is 0 Å². The second-order valence-electron chi connectivity index (χ2n) is 6.67. The molecule has 1 fully saturated rings. The number of hydrogen-bond donors (Lipinski definition) is 2. The number of carbonyl (C=O) groups is 3. The number of nitrogens with two attached hydrogens (primary N) is 1. The van der Waals surface area contributed by atoms with Crippen molar-refractivity contribution >= 4 is 28.8 Å². The lowest BCUT2D eigenvalue weighted by Crippen LogP contribution is -2.92. The van der Waals surface area contributed by atoms with Crippen molar-refractivity contribution in [3.8, 4) is 0 Å². The van der Waals surface area contributed by atoms with Gasteiger partial charge in [-0.05, 0) is 6.92 Å². The Kier molecular flexibility index (Phi) is 6.84. The van der Waals surface area contributed by atoms with Gasteiger partial charge in [0, 0.05) is 24.2 Å². The van der Waals surface area contributed by atoms with Gasteiger partial charge in [-0.1, -0.05) is 72.4 Å². The Morgan fingerprint density at radius 2 is 1.64 bits per heavy atom. The van der Waals surface area contributed by atoms with E-state index in [9.17, 15) is 14.4 Å². The topological polar surface area (TPSA) is 83.1 Å². The highest BCUT2D eigenvalue weighted by atomic mass is 32.2. The molecule has 3 amide bonds. The fourth-order valence-corrected chi connectivity index (χ4v) is 3.91. The van der Waals surface area contributed by atoms with E-state index in [4.69, 9.17) is 0 Å². The molecule has 6 nitrogen and oxygen atoms in total. The van der Waals surface area contributed by atoms with E-state index in [2.05, 4.69) is 29.6 Å². The minimum atomic E-state index is -0.329. The number of nitrogens with one attached hydrogen (secondary N) is 1. The summed E-state index contributed by atoms with van der Waals surface area (Å²) in [4.78, 5) is 37.0. The standard InChI is InChI=1S/C21H23N3O3S/c1-15(20(26)22-12-13-24-18(25)14-28-21(24)27)23-19(16-8-4-2-5-9-16)17-10-6-3-7-11-17/h2-11,15,19,23H,12-14H2,1H3,(H,22,26)/p+1/t15-/m1/s1. The summed E-state index contributed by atoms with van der Waals surface area (Å²) >= 11 is 1.00. The molecule has 0 spiro atoms. The van der Waals surface area contributed by atoms with E-state index in [-0.39, 0.29) is 48.0 Å². The van der Waals surface area contributed by atoms with E-state index < -0.39 is 0 Å². The van der Waals surface area contributed by atoms with E-state index in [0.717, 1.165) is 22.9 Å². The summed E-state index contributed by atoms with van der Waals surface area (Å²) in [7, 11) is 0. The van der Waals surface area contributed by atoms with Crippen LogP contribution in [0.25, 0.3) is 0 Å². The zero-order valence-electron chi connectivity index (χ0n) is 15.7. The van der Waals surface area contributed by atoms with Gasteiger partial charge in [-0.3, -0.25) is 19.3 Å². The van der Waals surface area contributed by atoms with Crippen molar-refractivity contribution in [2.45, 2.75) is 19.0 Å². The molecule has 2 aromatic rings. The van der Waals surface area contributed by atoms with Gasteiger partial charge in [-0.15, -0.1) is 0 Å². The van der Waals surface area contributed by atoms with Gasteiger partial charge in [-0.25, -0.2) is 0 Å². The summed E-state index contributed by atoms with van der Waals surface area (Å²) < 4.78 is 0. The fourth-order valence-electron chi connectivity index (χ4n) is 3.16. The third-order valence-electron chi connectivity index (χ3n) is 4.69.